The number of hydrogen-bond donors (Lipinski definition) is 2. The quantitative estimate of drug-likeness (QED) is 0.548. The molecule has 16 heteroatoms. The smallest absolute Gasteiger partial charge is 0.475 e. The molecule has 4 heterocycles. The van der Waals surface area contributed by atoms with Gasteiger partial charge in [-0.3, -0.25) is 14.5 Å². The van der Waals surface area contributed by atoms with Crippen LogP contribution in [0.1, 0.15) is 22.6 Å². The van der Waals surface area contributed by atoms with Crippen LogP contribution in [0.5, 0.6) is 0 Å². The molecule has 0 aromatic carbocycles. The number of carboxylic acid groups (broad SMARTS) is 2. The lowest BCUT2D eigenvalue weighted by Crippen LogP contribution is -2.45. The first-order chi connectivity index (χ1) is 17.1. The fourth-order valence-electron chi connectivity index (χ4n) is 4.33. The van der Waals surface area contributed by atoms with Crippen molar-refractivity contribution < 1.29 is 46.1 Å². The van der Waals surface area contributed by atoms with Gasteiger partial charge in [-0.05, 0) is 44.9 Å². The minimum atomic E-state index is -5.08. The zero-order valence-electron chi connectivity index (χ0n) is 19.9. The summed E-state index contributed by atoms with van der Waals surface area (Å²) in [4.78, 5) is 30.0. The summed E-state index contributed by atoms with van der Waals surface area (Å²) >= 11 is 1.94. The Morgan fingerprint density at radius 1 is 1.11 bits per heavy atom. The molecule has 2 aliphatic rings. The second-order valence-corrected chi connectivity index (χ2v) is 10.0. The van der Waals surface area contributed by atoms with Gasteiger partial charge in [0.1, 0.15) is 12.7 Å². The van der Waals surface area contributed by atoms with Crippen molar-refractivity contribution >= 4 is 23.3 Å². The van der Waals surface area contributed by atoms with Crippen molar-refractivity contribution in [3.05, 3.63) is 34.5 Å². The molecule has 2 N–H and O–H groups in total. The van der Waals surface area contributed by atoms with Crippen LogP contribution in [0.2, 0.25) is 0 Å². The molecule has 0 bridgehead atoms. The second-order valence-electron chi connectivity index (χ2n) is 8.64. The monoisotopic (exact) mass is 559 g/mol. The molecule has 0 unspecified atom stereocenters. The van der Waals surface area contributed by atoms with E-state index in [2.05, 4.69) is 46.0 Å². The Balaban J connectivity index is 0.000000286. The number of halogens is 6. The van der Waals surface area contributed by atoms with E-state index in [1.165, 1.54) is 35.7 Å². The lowest BCUT2D eigenvalue weighted by Gasteiger charge is -2.37. The van der Waals surface area contributed by atoms with Gasteiger partial charge in [-0.25, -0.2) is 14.6 Å². The lowest BCUT2D eigenvalue weighted by atomic mass is 9.92. The first-order valence-electron chi connectivity index (χ1n) is 11.0. The minimum Gasteiger partial charge on any atom is -0.475 e. The number of fused-ring (bicyclic) bond motifs is 1. The van der Waals surface area contributed by atoms with Crippen LogP contribution in [-0.2, 0) is 22.7 Å². The van der Waals surface area contributed by atoms with Gasteiger partial charge in [-0.2, -0.15) is 31.4 Å². The molecular weight excluding hydrogens is 532 g/mol. The SMILES string of the molecule is Cc1ccc(CN2CC[C@H]3[C@H](C[C@@H](Cn4cncn4)N3C)C2)s1.O=C(O)C(F)(F)F.O=C(O)C(F)(F)F. The number of aromatic nitrogens is 3. The number of rotatable bonds is 4. The molecule has 2 aromatic rings. The number of aliphatic carboxylic acids is 2. The molecule has 4 rings (SSSR count). The Bertz CT molecular complexity index is 990. The van der Waals surface area contributed by atoms with E-state index in [9.17, 15) is 26.3 Å². The van der Waals surface area contributed by atoms with E-state index in [0.717, 1.165) is 25.0 Å². The summed E-state index contributed by atoms with van der Waals surface area (Å²) in [6.07, 6.45) is -4.13. The number of hydrogen-bond acceptors (Lipinski definition) is 7. The number of carboxylic acids is 2. The van der Waals surface area contributed by atoms with Crippen LogP contribution in [0.15, 0.2) is 24.8 Å². The predicted molar refractivity (Wildman–Crippen MR) is 120 cm³/mol. The highest BCUT2D eigenvalue weighted by Gasteiger charge is 2.42. The highest BCUT2D eigenvalue weighted by atomic mass is 32.1. The van der Waals surface area contributed by atoms with Crippen LogP contribution >= 0.6 is 11.3 Å². The maximum Gasteiger partial charge on any atom is 0.490 e. The van der Waals surface area contributed by atoms with Crippen LogP contribution in [0, 0.1) is 12.8 Å². The number of likely N-dealkylation sites (N-methyl/N-ethyl adjacent to an activating group) is 1. The van der Waals surface area contributed by atoms with Gasteiger partial charge in [0.05, 0.1) is 6.54 Å². The standard InChI is InChI=1S/C17H25N5S.2C2HF3O2/c1-13-3-4-16(23-13)10-21-6-5-17-14(8-21)7-15(20(17)2)9-22-12-18-11-19-22;2*3-2(4,5)1(6)7/h3-4,11-12,14-15,17H,5-10H2,1-2H3;2*(H,6,7)/t14-,15+,17+;;/m1../s1. The third-order valence-electron chi connectivity index (χ3n) is 5.98. The zero-order valence-corrected chi connectivity index (χ0v) is 20.7. The van der Waals surface area contributed by atoms with E-state index in [0.29, 0.717) is 6.04 Å². The van der Waals surface area contributed by atoms with Crippen LogP contribution in [-0.4, -0.2) is 91.3 Å². The first-order valence-corrected chi connectivity index (χ1v) is 11.8. The normalized spacial score (nSPS) is 22.3. The van der Waals surface area contributed by atoms with Gasteiger partial charge < -0.3 is 10.2 Å². The Morgan fingerprint density at radius 2 is 1.70 bits per heavy atom. The summed E-state index contributed by atoms with van der Waals surface area (Å²) in [5, 5.41) is 18.5. The van der Waals surface area contributed by atoms with Gasteiger partial charge in [0.2, 0.25) is 0 Å². The molecule has 9 nitrogen and oxygen atoms in total. The Hall–Kier alpha value is -2.72. The Labute approximate surface area is 212 Å². The summed E-state index contributed by atoms with van der Waals surface area (Å²) in [6.45, 7) is 6.74. The van der Waals surface area contributed by atoms with Crippen molar-refractivity contribution in [2.24, 2.45) is 5.92 Å². The molecule has 2 fully saturated rings. The molecule has 208 valence electrons. The third-order valence-corrected chi connectivity index (χ3v) is 6.96. The van der Waals surface area contributed by atoms with E-state index in [-0.39, 0.29) is 0 Å². The Morgan fingerprint density at radius 3 is 2.16 bits per heavy atom. The van der Waals surface area contributed by atoms with Crippen molar-refractivity contribution in [3.8, 4) is 0 Å². The zero-order chi connectivity index (χ0) is 28.0. The fraction of sp³-hybridized carbons (Fsp3) is 0.619. The topological polar surface area (TPSA) is 112 Å². The molecule has 2 saturated heterocycles. The molecule has 0 amide bonds. The third kappa shape index (κ3) is 9.59. The van der Waals surface area contributed by atoms with Gasteiger partial charge in [0, 0.05) is 41.5 Å². The highest BCUT2D eigenvalue weighted by Crippen LogP contribution is 2.35. The molecule has 0 aliphatic carbocycles. The Kier molecular flexibility index (Phi) is 10.5. The number of piperidine rings is 1. The van der Waals surface area contributed by atoms with E-state index in [1.807, 2.05) is 22.3 Å². The lowest BCUT2D eigenvalue weighted by molar-refractivity contribution is -0.193. The first kappa shape index (κ1) is 30.5. The number of likely N-dealkylation sites (tertiary alicyclic amines) is 2. The average molecular weight is 560 g/mol. The maximum atomic E-state index is 10.6. The maximum absolute atomic E-state index is 10.6. The number of alkyl halides is 6. The molecule has 0 radical (unpaired) electrons. The average Bonchev–Trinajstić information content (AvgIpc) is 3.50. The molecule has 0 spiro atoms. The summed E-state index contributed by atoms with van der Waals surface area (Å²) in [6, 6.07) is 5.87. The number of thiophene rings is 1. The molecular formula is C21H27F6N5O4S. The van der Waals surface area contributed by atoms with Crippen LogP contribution < -0.4 is 0 Å². The van der Waals surface area contributed by atoms with E-state index < -0.39 is 24.3 Å². The van der Waals surface area contributed by atoms with Crippen molar-refractivity contribution in [2.75, 3.05) is 20.1 Å². The number of carbonyl (C=O) groups is 2. The fourth-order valence-corrected chi connectivity index (χ4v) is 5.26. The summed E-state index contributed by atoms with van der Waals surface area (Å²) in [7, 11) is 2.30. The van der Waals surface area contributed by atoms with E-state index >= 15 is 0 Å². The summed E-state index contributed by atoms with van der Waals surface area (Å²) in [5.41, 5.74) is 0. The largest absolute Gasteiger partial charge is 0.490 e. The van der Waals surface area contributed by atoms with Crippen LogP contribution in [0.25, 0.3) is 0 Å². The minimum absolute atomic E-state index is 0.593. The molecule has 0 saturated carbocycles. The highest BCUT2D eigenvalue weighted by molar-refractivity contribution is 7.11. The van der Waals surface area contributed by atoms with Gasteiger partial charge in [0.15, 0.2) is 0 Å². The van der Waals surface area contributed by atoms with E-state index in [1.54, 1.807) is 6.33 Å². The van der Waals surface area contributed by atoms with E-state index in [4.69, 9.17) is 19.8 Å². The molecule has 2 aromatic heterocycles. The van der Waals surface area contributed by atoms with Gasteiger partial charge in [-0.15, -0.1) is 11.3 Å². The van der Waals surface area contributed by atoms with Crippen LogP contribution in [0.4, 0.5) is 26.3 Å². The van der Waals surface area contributed by atoms with Crippen molar-refractivity contribution in [3.63, 3.8) is 0 Å². The molecule has 37 heavy (non-hydrogen) atoms. The van der Waals surface area contributed by atoms with Gasteiger partial charge >= 0.3 is 24.3 Å². The molecule has 2 aliphatic heterocycles. The number of nitrogens with zero attached hydrogens (tertiary/aromatic N) is 5. The number of aryl methyl sites for hydroxylation is 1. The summed E-state index contributed by atoms with van der Waals surface area (Å²) in [5.74, 6) is -4.72. The summed E-state index contributed by atoms with van der Waals surface area (Å²) < 4.78 is 65.4. The second kappa shape index (κ2) is 12.7. The van der Waals surface area contributed by atoms with Crippen molar-refractivity contribution in [1.82, 2.24) is 24.6 Å². The van der Waals surface area contributed by atoms with Crippen molar-refractivity contribution in [1.29, 1.82) is 0 Å². The van der Waals surface area contributed by atoms with Crippen molar-refractivity contribution in [2.45, 2.75) is 57.3 Å². The van der Waals surface area contributed by atoms with Crippen LogP contribution in [0.3, 0.4) is 0 Å². The molecule has 3 atom stereocenters. The van der Waals surface area contributed by atoms with Gasteiger partial charge in [-0.1, -0.05) is 0 Å². The predicted octanol–water partition coefficient (Wildman–Crippen LogP) is 3.51. The van der Waals surface area contributed by atoms with Gasteiger partial charge in [0.25, 0.3) is 0 Å².